The standard InChI is InChI=1S/C14H20ClN3O/c1-3-8-19-10-12-4-6-18(7-5-12)13-11(2)9-16-14(15)17-13/h3,9,12H,1,4-8,10H2,2H3. The van der Waals surface area contributed by atoms with Crippen molar-refractivity contribution in [3.05, 3.63) is 29.7 Å². The van der Waals surface area contributed by atoms with Gasteiger partial charge in [0.15, 0.2) is 0 Å². The molecule has 19 heavy (non-hydrogen) atoms. The predicted molar refractivity (Wildman–Crippen MR) is 77.7 cm³/mol. The van der Waals surface area contributed by atoms with Crippen molar-refractivity contribution in [3.8, 4) is 0 Å². The molecule has 0 saturated carbocycles. The molecule has 0 unspecified atom stereocenters. The van der Waals surface area contributed by atoms with Crippen molar-refractivity contribution >= 4 is 17.4 Å². The quantitative estimate of drug-likeness (QED) is 0.473. The maximum Gasteiger partial charge on any atom is 0.224 e. The first-order chi connectivity index (χ1) is 9.20. The van der Waals surface area contributed by atoms with Crippen molar-refractivity contribution in [2.45, 2.75) is 19.8 Å². The van der Waals surface area contributed by atoms with E-state index in [2.05, 4.69) is 21.4 Å². The van der Waals surface area contributed by atoms with E-state index in [9.17, 15) is 0 Å². The van der Waals surface area contributed by atoms with Gasteiger partial charge in [-0.15, -0.1) is 6.58 Å². The minimum absolute atomic E-state index is 0.317. The van der Waals surface area contributed by atoms with Crippen molar-refractivity contribution in [1.82, 2.24) is 9.97 Å². The van der Waals surface area contributed by atoms with E-state index in [1.807, 2.05) is 6.92 Å². The Balaban J connectivity index is 1.89. The highest BCUT2D eigenvalue weighted by Gasteiger charge is 2.21. The molecule has 0 N–H and O–H groups in total. The van der Waals surface area contributed by atoms with Crippen LogP contribution in [-0.2, 0) is 4.74 Å². The maximum atomic E-state index is 5.87. The van der Waals surface area contributed by atoms with Gasteiger partial charge in [-0.1, -0.05) is 6.08 Å². The summed E-state index contributed by atoms with van der Waals surface area (Å²) >= 11 is 5.87. The van der Waals surface area contributed by atoms with Gasteiger partial charge in [-0.25, -0.2) is 9.97 Å². The Kier molecular flexibility index (Phi) is 5.16. The number of aryl methyl sites for hydroxylation is 1. The van der Waals surface area contributed by atoms with Crippen LogP contribution in [0.2, 0.25) is 5.28 Å². The van der Waals surface area contributed by atoms with E-state index in [-0.39, 0.29) is 0 Å². The average Bonchev–Trinajstić information content (AvgIpc) is 2.43. The Morgan fingerprint density at radius 3 is 2.95 bits per heavy atom. The van der Waals surface area contributed by atoms with Crippen LogP contribution in [0, 0.1) is 12.8 Å². The molecular weight excluding hydrogens is 262 g/mol. The third-order valence-corrected chi connectivity index (χ3v) is 3.60. The molecular formula is C14H20ClN3O. The van der Waals surface area contributed by atoms with Crippen LogP contribution >= 0.6 is 11.6 Å². The van der Waals surface area contributed by atoms with Crippen molar-refractivity contribution in [2.75, 3.05) is 31.2 Å². The van der Waals surface area contributed by atoms with Gasteiger partial charge in [0, 0.05) is 31.5 Å². The molecule has 1 aliphatic rings. The average molecular weight is 282 g/mol. The van der Waals surface area contributed by atoms with E-state index in [0.29, 0.717) is 17.8 Å². The molecule has 0 aliphatic carbocycles. The van der Waals surface area contributed by atoms with Crippen LogP contribution in [0.25, 0.3) is 0 Å². The highest BCUT2D eigenvalue weighted by molar-refractivity contribution is 6.28. The molecule has 5 heteroatoms. The number of rotatable bonds is 5. The van der Waals surface area contributed by atoms with Gasteiger partial charge >= 0.3 is 0 Å². The smallest absolute Gasteiger partial charge is 0.224 e. The molecule has 0 spiro atoms. The largest absolute Gasteiger partial charge is 0.377 e. The topological polar surface area (TPSA) is 38.2 Å². The van der Waals surface area contributed by atoms with E-state index in [1.165, 1.54) is 0 Å². The summed E-state index contributed by atoms with van der Waals surface area (Å²) in [6, 6.07) is 0. The number of anilines is 1. The van der Waals surface area contributed by atoms with Crippen LogP contribution in [0.3, 0.4) is 0 Å². The lowest BCUT2D eigenvalue weighted by molar-refractivity contribution is 0.112. The van der Waals surface area contributed by atoms with Crippen LogP contribution in [0.1, 0.15) is 18.4 Å². The van der Waals surface area contributed by atoms with E-state index in [4.69, 9.17) is 16.3 Å². The minimum atomic E-state index is 0.317. The second-order valence-corrected chi connectivity index (χ2v) is 5.24. The maximum absolute atomic E-state index is 5.87. The van der Waals surface area contributed by atoms with Gasteiger partial charge < -0.3 is 9.64 Å². The molecule has 0 radical (unpaired) electrons. The summed E-state index contributed by atoms with van der Waals surface area (Å²) in [6.07, 6.45) is 5.82. The SMILES string of the molecule is C=CCOCC1CCN(c2nc(Cl)ncc2C)CC1. The van der Waals surface area contributed by atoms with Crippen molar-refractivity contribution < 1.29 is 4.74 Å². The van der Waals surface area contributed by atoms with Crippen molar-refractivity contribution in [2.24, 2.45) is 5.92 Å². The van der Waals surface area contributed by atoms with Gasteiger partial charge in [0.05, 0.1) is 6.61 Å². The van der Waals surface area contributed by atoms with Gasteiger partial charge in [0.1, 0.15) is 5.82 Å². The fraction of sp³-hybridized carbons (Fsp3) is 0.571. The summed E-state index contributed by atoms with van der Waals surface area (Å²) in [5, 5.41) is 0.317. The van der Waals surface area contributed by atoms with Crippen LogP contribution in [0.5, 0.6) is 0 Å². The third kappa shape index (κ3) is 3.91. The summed E-state index contributed by atoms with van der Waals surface area (Å²) in [7, 11) is 0. The number of piperidine rings is 1. The number of hydrogen-bond donors (Lipinski definition) is 0. The molecule has 1 fully saturated rings. The van der Waals surface area contributed by atoms with Gasteiger partial charge in [0.25, 0.3) is 0 Å². The van der Waals surface area contributed by atoms with Crippen molar-refractivity contribution in [1.29, 1.82) is 0 Å². The Hall–Kier alpha value is -1.13. The van der Waals surface area contributed by atoms with Crippen LogP contribution in [-0.4, -0.2) is 36.3 Å². The zero-order valence-corrected chi connectivity index (χ0v) is 12.1. The molecule has 1 aliphatic heterocycles. The van der Waals surface area contributed by atoms with E-state index in [1.54, 1.807) is 12.3 Å². The number of halogens is 1. The molecule has 1 aromatic heterocycles. The molecule has 4 nitrogen and oxygen atoms in total. The number of hydrogen-bond acceptors (Lipinski definition) is 4. The summed E-state index contributed by atoms with van der Waals surface area (Å²) in [5.74, 6) is 1.60. The zero-order chi connectivity index (χ0) is 13.7. The fourth-order valence-corrected chi connectivity index (χ4v) is 2.49. The number of aromatic nitrogens is 2. The molecule has 104 valence electrons. The predicted octanol–water partition coefficient (Wildman–Crippen LogP) is 2.86. The monoisotopic (exact) mass is 281 g/mol. The molecule has 1 saturated heterocycles. The normalized spacial score (nSPS) is 16.6. The summed E-state index contributed by atoms with van der Waals surface area (Å²) in [5.41, 5.74) is 1.07. The highest BCUT2D eigenvalue weighted by Crippen LogP contribution is 2.25. The summed E-state index contributed by atoms with van der Waals surface area (Å²) < 4.78 is 5.52. The van der Waals surface area contributed by atoms with Gasteiger partial charge in [0.2, 0.25) is 5.28 Å². The first-order valence-corrected chi connectivity index (χ1v) is 7.01. The molecule has 1 aromatic rings. The second-order valence-electron chi connectivity index (χ2n) is 4.90. The van der Waals surface area contributed by atoms with E-state index in [0.717, 1.165) is 43.9 Å². The lowest BCUT2D eigenvalue weighted by Crippen LogP contribution is -2.36. The van der Waals surface area contributed by atoms with Crippen molar-refractivity contribution in [3.63, 3.8) is 0 Å². The van der Waals surface area contributed by atoms with Gasteiger partial charge in [-0.2, -0.15) is 0 Å². The number of ether oxygens (including phenoxy) is 1. The lowest BCUT2D eigenvalue weighted by Gasteiger charge is -2.33. The third-order valence-electron chi connectivity index (χ3n) is 3.42. The Morgan fingerprint density at radius 2 is 2.26 bits per heavy atom. The zero-order valence-electron chi connectivity index (χ0n) is 11.3. The summed E-state index contributed by atoms with van der Waals surface area (Å²) in [4.78, 5) is 10.6. The Labute approximate surface area is 119 Å². The Bertz CT molecular complexity index is 431. The molecule has 2 rings (SSSR count). The van der Waals surface area contributed by atoms with Crippen LogP contribution < -0.4 is 4.90 Å². The second kappa shape index (κ2) is 6.87. The van der Waals surface area contributed by atoms with Gasteiger partial charge in [-0.05, 0) is 37.3 Å². The molecule has 0 amide bonds. The first kappa shape index (κ1) is 14.3. The van der Waals surface area contributed by atoms with Crippen LogP contribution in [0.4, 0.5) is 5.82 Å². The van der Waals surface area contributed by atoms with Gasteiger partial charge in [-0.3, -0.25) is 0 Å². The van der Waals surface area contributed by atoms with E-state index < -0.39 is 0 Å². The summed E-state index contributed by atoms with van der Waals surface area (Å²) in [6.45, 7) is 9.13. The molecule has 0 aromatic carbocycles. The molecule has 0 atom stereocenters. The lowest BCUT2D eigenvalue weighted by atomic mass is 9.97. The highest BCUT2D eigenvalue weighted by atomic mass is 35.5. The molecule has 2 heterocycles. The van der Waals surface area contributed by atoms with E-state index >= 15 is 0 Å². The minimum Gasteiger partial charge on any atom is -0.377 e. The Morgan fingerprint density at radius 1 is 1.53 bits per heavy atom. The number of nitrogens with zero attached hydrogens (tertiary/aromatic N) is 3. The molecule has 0 bridgehead atoms. The van der Waals surface area contributed by atoms with Crippen LogP contribution in [0.15, 0.2) is 18.9 Å². The first-order valence-electron chi connectivity index (χ1n) is 6.63. The fourth-order valence-electron chi connectivity index (χ4n) is 2.36.